The summed E-state index contributed by atoms with van der Waals surface area (Å²) in [7, 11) is 0. The van der Waals surface area contributed by atoms with E-state index in [1.165, 1.54) is 23.4 Å². The fourth-order valence-corrected chi connectivity index (χ4v) is 4.64. The van der Waals surface area contributed by atoms with Crippen molar-refractivity contribution in [3.05, 3.63) is 71.0 Å². The number of alkyl halides is 3. The van der Waals surface area contributed by atoms with Crippen LogP contribution < -0.4 is 10.6 Å². The lowest BCUT2D eigenvalue weighted by molar-refractivity contribution is -0.174. The lowest BCUT2D eigenvalue weighted by Crippen LogP contribution is -2.57. The van der Waals surface area contributed by atoms with E-state index in [1.807, 2.05) is 0 Å². The van der Waals surface area contributed by atoms with Crippen LogP contribution in [-0.2, 0) is 9.59 Å². The fraction of sp³-hybridized carbons (Fsp3) is 0.333. The Balaban J connectivity index is 1.59. The van der Waals surface area contributed by atoms with Crippen LogP contribution in [0.1, 0.15) is 35.3 Å². The number of fused-ring (bicyclic) bond motifs is 1. The number of piperidine rings is 1. The highest BCUT2D eigenvalue weighted by molar-refractivity contribution is 6.30. The van der Waals surface area contributed by atoms with Gasteiger partial charge in [0.05, 0.1) is 24.1 Å². The van der Waals surface area contributed by atoms with Crippen molar-refractivity contribution in [2.45, 2.75) is 37.5 Å². The number of carbonyl (C=O) groups is 3. The highest BCUT2D eigenvalue weighted by Crippen LogP contribution is 2.31. The molecule has 1 aliphatic rings. The summed E-state index contributed by atoms with van der Waals surface area (Å²) in [6, 6.07) is 6.70. The molecular formula is C24H22ClF4N5O3. The first kappa shape index (κ1) is 26.4. The topological polar surface area (TPSA) is 95.8 Å². The fourth-order valence-electron chi connectivity index (χ4n) is 4.41. The van der Waals surface area contributed by atoms with Crippen molar-refractivity contribution in [2.75, 3.05) is 13.1 Å². The van der Waals surface area contributed by atoms with Gasteiger partial charge in [-0.05, 0) is 49.2 Å². The molecule has 2 aromatic heterocycles. The summed E-state index contributed by atoms with van der Waals surface area (Å²) in [6.07, 6.45) is -1.76. The summed E-state index contributed by atoms with van der Waals surface area (Å²) in [5.41, 5.74) is 1.50. The van der Waals surface area contributed by atoms with Crippen LogP contribution in [0.15, 0.2) is 48.9 Å². The van der Waals surface area contributed by atoms with E-state index in [0.29, 0.717) is 23.2 Å². The van der Waals surface area contributed by atoms with E-state index in [0.717, 1.165) is 13.0 Å². The molecule has 4 rings (SSSR count). The molecule has 3 atom stereocenters. The van der Waals surface area contributed by atoms with Gasteiger partial charge in [-0.3, -0.25) is 18.8 Å². The molecule has 3 aromatic rings. The summed E-state index contributed by atoms with van der Waals surface area (Å²) in [6.45, 7) is 1.35. The number of hydrogen-bond donors (Lipinski definition) is 2. The van der Waals surface area contributed by atoms with Crippen LogP contribution in [0.2, 0.25) is 5.02 Å². The zero-order valence-electron chi connectivity index (χ0n) is 19.4. The second-order valence-corrected chi connectivity index (χ2v) is 9.19. The summed E-state index contributed by atoms with van der Waals surface area (Å²) in [5.74, 6) is -4.59. The van der Waals surface area contributed by atoms with Crippen LogP contribution in [0, 0.1) is 5.82 Å². The third kappa shape index (κ3) is 5.85. The third-order valence-electron chi connectivity index (χ3n) is 6.21. The highest BCUT2D eigenvalue weighted by atomic mass is 35.5. The molecule has 0 unspecified atom stereocenters. The standard InChI is InChI=1S/C24H22ClF4N5O3/c1-13(31-23(37)24(27,28)29)21(35)32-19-11-33(6-5-18(19)14-7-15(25)9-16(26)8-14)22(36)20-4-2-3-17-10-30-12-34(17)20/h2-4,7-10,12-13,18-19H,5-6,11H2,1H3,(H,31,37)(H,32,35)/t13-,18+,19-/m1/s1. The van der Waals surface area contributed by atoms with Gasteiger partial charge in [0.15, 0.2) is 0 Å². The minimum absolute atomic E-state index is 0.0194. The minimum atomic E-state index is -5.15. The summed E-state index contributed by atoms with van der Waals surface area (Å²) in [5, 5.41) is 4.38. The molecule has 1 aromatic carbocycles. The number of nitrogens with zero attached hydrogens (tertiary/aromatic N) is 3. The van der Waals surface area contributed by atoms with E-state index < -0.39 is 41.8 Å². The van der Waals surface area contributed by atoms with E-state index in [9.17, 15) is 31.9 Å². The molecule has 1 aliphatic heterocycles. The Morgan fingerprint density at radius 3 is 2.65 bits per heavy atom. The number of imidazole rings is 1. The minimum Gasteiger partial charge on any atom is -0.349 e. The number of likely N-dealkylation sites (tertiary alicyclic amines) is 1. The lowest BCUT2D eigenvalue weighted by atomic mass is 9.84. The number of benzene rings is 1. The number of pyridine rings is 1. The Morgan fingerprint density at radius 2 is 1.95 bits per heavy atom. The van der Waals surface area contributed by atoms with E-state index in [4.69, 9.17) is 11.6 Å². The monoisotopic (exact) mass is 539 g/mol. The molecule has 0 bridgehead atoms. The van der Waals surface area contributed by atoms with Crippen molar-refractivity contribution in [2.24, 2.45) is 0 Å². The first-order valence-electron chi connectivity index (χ1n) is 11.3. The second-order valence-electron chi connectivity index (χ2n) is 8.76. The van der Waals surface area contributed by atoms with Gasteiger partial charge < -0.3 is 15.5 Å². The molecule has 0 aliphatic carbocycles. The number of carbonyl (C=O) groups excluding carboxylic acids is 3. The van der Waals surface area contributed by atoms with Gasteiger partial charge in [0.25, 0.3) is 5.91 Å². The molecule has 196 valence electrons. The maximum absolute atomic E-state index is 14.1. The lowest BCUT2D eigenvalue weighted by Gasteiger charge is -2.39. The maximum atomic E-state index is 14.1. The molecule has 2 N–H and O–H groups in total. The molecule has 13 heteroatoms. The summed E-state index contributed by atoms with van der Waals surface area (Å²) < 4.78 is 53.6. The Kier molecular flexibility index (Phi) is 7.39. The third-order valence-corrected chi connectivity index (χ3v) is 6.42. The summed E-state index contributed by atoms with van der Waals surface area (Å²) >= 11 is 6.02. The molecule has 3 heterocycles. The Hall–Kier alpha value is -3.67. The van der Waals surface area contributed by atoms with Gasteiger partial charge in [0, 0.05) is 24.0 Å². The number of hydrogen-bond acceptors (Lipinski definition) is 4. The highest BCUT2D eigenvalue weighted by Gasteiger charge is 2.41. The van der Waals surface area contributed by atoms with E-state index in [1.54, 1.807) is 34.1 Å². The first-order chi connectivity index (χ1) is 17.4. The number of rotatable bonds is 5. The molecule has 37 heavy (non-hydrogen) atoms. The Morgan fingerprint density at radius 1 is 1.19 bits per heavy atom. The summed E-state index contributed by atoms with van der Waals surface area (Å²) in [4.78, 5) is 43.0. The smallest absolute Gasteiger partial charge is 0.349 e. The predicted octanol–water partition coefficient (Wildman–Crippen LogP) is 3.31. The van der Waals surface area contributed by atoms with Crippen molar-refractivity contribution in [1.29, 1.82) is 0 Å². The van der Waals surface area contributed by atoms with Gasteiger partial charge in [0.2, 0.25) is 5.91 Å². The van der Waals surface area contributed by atoms with E-state index in [2.05, 4.69) is 10.3 Å². The average molecular weight is 540 g/mol. The van der Waals surface area contributed by atoms with Crippen LogP contribution in [0.25, 0.3) is 5.52 Å². The van der Waals surface area contributed by atoms with Crippen molar-refractivity contribution in [1.82, 2.24) is 24.9 Å². The number of amides is 3. The van der Waals surface area contributed by atoms with Gasteiger partial charge in [0.1, 0.15) is 17.6 Å². The quantitative estimate of drug-likeness (QED) is 0.486. The van der Waals surface area contributed by atoms with Gasteiger partial charge in [-0.25, -0.2) is 9.37 Å². The zero-order valence-corrected chi connectivity index (χ0v) is 20.2. The molecule has 0 radical (unpaired) electrons. The van der Waals surface area contributed by atoms with Gasteiger partial charge in [-0.1, -0.05) is 17.7 Å². The normalized spacial score (nSPS) is 18.9. The van der Waals surface area contributed by atoms with Gasteiger partial charge in [-0.2, -0.15) is 13.2 Å². The predicted molar refractivity (Wildman–Crippen MR) is 125 cm³/mol. The van der Waals surface area contributed by atoms with Crippen LogP contribution >= 0.6 is 11.6 Å². The van der Waals surface area contributed by atoms with Crippen LogP contribution in [0.5, 0.6) is 0 Å². The van der Waals surface area contributed by atoms with Crippen molar-refractivity contribution in [3.63, 3.8) is 0 Å². The number of halogens is 5. The van der Waals surface area contributed by atoms with E-state index >= 15 is 0 Å². The van der Waals surface area contributed by atoms with Gasteiger partial charge in [-0.15, -0.1) is 0 Å². The largest absolute Gasteiger partial charge is 0.471 e. The van der Waals surface area contributed by atoms with Crippen LogP contribution in [-0.4, -0.2) is 63.4 Å². The molecule has 8 nitrogen and oxygen atoms in total. The van der Waals surface area contributed by atoms with Crippen molar-refractivity contribution in [3.8, 4) is 0 Å². The molecule has 1 fully saturated rings. The zero-order chi connectivity index (χ0) is 26.9. The molecule has 0 saturated carbocycles. The number of nitrogens with one attached hydrogen (secondary N) is 2. The molecule has 0 spiro atoms. The second kappa shape index (κ2) is 10.4. The van der Waals surface area contributed by atoms with Crippen molar-refractivity contribution < 1.29 is 31.9 Å². The van der Waals surface area contributed by atoms with Gasteiger partial charge >= 0.3 is 12.1 Å². The first-order valence-corrected chi connectivity index (χ1v) is 11.7. The Bertz CT molecular complexity index is 1330. The van der Waals surface area contributed by atoms with E-state index in [-0.39, 0.29) is 24.0 Å². The average Bonchev–Trinajstić information content (AvgIpc) is 3.31. The number of aromatic nitrogens is 2. The van der Waals surface area contributed by atoms with Crippen LogP contribution in [0.4, 0.5) is 17.6 Å². The maximum Gasteiger partial charge on any atom is 0.471 e. The molecule has 3 amide bonds. The SMILES string of the molecule is C[C@@H](NC(=O)C(F)(F)F)C(=O)N[C@@H]1CN(C(=O)c2cccc3cncn23)CC[C@H]1c1cc(F)cc(Cl)c1. The molecule has 1 saturated heterocycles. The van der Waals surface area contributed by atoms with Crippen molar-refractivity contribution >= 4 is 34.8 Å². The van der Waals surface area contributed by atoms with Crippen LogP contribution in [0.3, 0.4) is 0 Å². The Labute approximate surface area is 213 Å². The molecular weight excluding hydrogens is 518 g/mol.